The molecule has 1 amide bonds. The lowest BCUT2D eigenvalue weighted by Crippen LogP contribution is -2.49. The Kier molecular flexibility index (Phi) is 5.85. The van der Waals surface area contributed by atoms with Crippen molar-refractivity contribution in [2.45, 2.75) is 26.6 Å². The fourth-order valence-electron chi connectivity index (χ4n) is 3.62. The van der Waals surface area contributed by atoms with Gasteiger partial charge in [0.25, 0.3) is 11.6 Å². The first-order valence-corrected chi connectivity index (χ1v) is 10.2. The number of hydrogen-bond acceptors (Lipinski definition) is 7. The largest absolute Gasteiger partial charge is 0.451 e. The van der Waals surface area contributed by atoms with Crippen LogP contribution in [-0.2, 0) is 11.3 Å². The van der Waals surface area contributed by atoms with Gasteiger partial charge in [0.1, 0.15) is 17.6 Å². The number of fused-ring (bicyclic) bond motifs is 1. The Labute approximate surface area is 179 Å². The Morgan fingerprint density at radius 3 is 2.58 bits per heavy atom. The molecule has 1 saturated heterocycles. The third-order valence-electron chi connectivity index (χ3n) is 5.29. The summed E-state index contributed by atoms with van der Waals surface area (Å²) in [5, 5.41) is 11.7. The van der Waals surface area contributed by atoms with Crippen molar-refractivity contribution >= 4 is 28.4 Å². The van der Waals surface area contributed by atoms with E-state index in [0.29, 0.717) is 49.9 Å². The number of piperazine rings is 1. The van der Waals surface area contributed by atoms with Crippen LogP contribution in [0.25, 0.3) is 11.0 Å². The van der Waals surface area contributed by atoms with E-state index in [9.17, 15) is 14.9 Å². The summed E-state index contributed by atoms with van der Waals surface area (Å²) in [7, 11) is 0. The monoisotopic (exact) mass is 424 g/mol. The van der Waals surface area contributed by atoms with E-state index in [0.717, 1.165) is 10.9 Å². The second-order valence-electron chi connectivity index (χ2n) is 7.68. The van der Waals surface area contributed by atoms with E-state index in [1.165, 1.54) is 12.3 Å². The van der Waals surface area contributed by atoms with Crippen molar-refractivity contribution in [3.8, 4) is 0 Å². The third kappa shape index (κ3) is 4.36. The molecule has 9 heteroatoms. The highest BCUT2D eigenvalue weighted by Crippen LogP contribution is 2.28. The number of nitro groups is 1. The van der Waals surface area contributed by atoms with Gasteiger partial charge >= 0.3 is 0 Å². The summed E-state index contributed by atoms with van der Waals surface area (Å²) in [6.45, 7) is 6.37. The van der Waals surface area contributed by atoms with Crippen molar-refractivity contribution in [2.24, 2.45) is 0 Å². The quantitative estimate of drug-likeness (QED) is 0.440. The van der Waals surface area contributed by atoms with E-state index in [1.54, 1.807) is 11.0 Å². The van der Waals surface area contributed by atoms with Gasteiger partial charge < -0.3 is 19.0 Å². The maximum atomic E-state index is 13.3. The third-order valence-corrected chi connectivity index (χ3v) is 5.29. The molecular formula is C22H24N4O5. The molecular weight excluding hydrogens is 400 g/mol. The number of aromatic nitrogens is 1. The van der Waals surface area contributed by atoms with Gasteiger partial charge in [-0.1, -0.05) is 18.2 Å². The first-order chi connectivity index (χ1) is 14.9. The molecule has 2 aromatic heterocycles. The molecule has 0 spiro atoms. The Morgan fingerprint density at radius 2 is 1.94 bits per heavy atom. The molecule has 0 atom stereocenters. The second-order valence-corrected chi connectivity index (χ2v) is 7.68. The van der Waals surface area contributed by atoms with Crippen LogP contribution in [0.4, 0.5) is 11.5 Å². The highest BCUT2D eigenvalue weighted by molar-refractivity contribution is 5.99. The van der Waals surface area contributed by atoms with Crippen molar-refractivity contribution in [3.63, 3.8) is 0 Å². The lowest BCUT2D eigenvalue weighted by atomic mass is 10.1. The van der Waals surface area contributed by atoms with Crippen LogP contribution in [0, 0.1) is 10.1 Å². The molecule has 1 aliphatic rings. The maximum absolute atomic E-state index is 13.3. The number of benzene rings is 1. The van der Waals surface area contributed by atoms with Gasteiger partial charge in [-0.2, -0.15) is 0 Å². The normalized spacial score (nSPS) is 14.4. The number of anilines is 1. The van der Waals surface area contributed by atoms with E-state index in [1.807, 2.05) is 43.0 Å². The van der Waals surface area contributed by atoms with Crippen LogP contribution in [-0.4, -0.2) is 53.0 Å². The van der Waals surface area contributed by atoms with Crippen LogP contribution in [0.15, 0.2) is 47.0 Å². The highest BCUT2D eigenvalue weighted by Gasteiger charge is 2.28. The van der Waals surface area contributed by atoms with E-state index in [2.05, 4.69) is 4.98 Å². The van der Waals surface area contributed by atoms with Crippen molar-refractivity contribution in [2.75, 3.05) is 31.1 Å². The molecule has 162 valence electrons. The summed E-state index contributed by atoms with van der Waals surface area (Å²) in [6.07, 6.45) is 1.29. The summed E-state index contributed by atoms with van der Waals surface area (Å²) >= 11 is 0. The Balaban J connectivity index is 1.49. The predicted octanol–water partition coefficient (Wildman–Crippen LogP) is 3.62. The Bertz CT molecular complexity index is 1080. The van der Waals surface area contributed by atoms with Crippen LogP contribution in [0.1, 0.15) is 30.0 Å². The van der Waals surface area contributed by atoms with Crippen LogP contribution in [0.5, 0.6) is 0 Å². The number of para-hydroxylation sites is 1. The van der Waals surface area contributed by atoms with Gasteiger partial charge in [-0.3, -0.25) is 14.9 Å². The summed E-state index contributed by atoms with van der Waals surface area (Å²) in [6, 6.07) is 10.7. The summed E-state index contributed by atoms with van der Waals surface area (Å²) < 4.78 is 11.7. The van der Waals surface area contributed by atoms with E-state index in [-0.39, 0.29) is 17.7 Å². The average molecular weight is 424 g/mol. The van der Waals surface area contributed by atoms with Crippen molar-refractivity contribution in [3.05, 3.63) is 64.0 Å². The molecule has 0 saturated carbocycles. The van der Waals surface area contributed by atoms with Crippen LogP contribution in [0.2, 0.25) is 0 Å². The number of carbonyl (C=O) groups excluding carboxylic acids is 1. The van der Waals surface area contributed by atoms with Gasteiger partial charge in [0.2, 0.25) is 0 Å². The molecule has 1 aromatic carbocycles. The Hall–Kier alpha value is -3.46. The predicted molar refractivity (Wildman–Crippen MR) is 115 cm³/mol. The minimum atomic E-state index is -0.471. The highest BCUT2D eigenvalue weighted by atomic mass is 16.6. The lowest BCUT2D eigenvalue weighted by molar-refractivity contribution is -0.385. The molecule has 4 rings (SSSR count). The van der Waals surface area contributed by atoms with Crippen LogP contribution in [0.3, 0.4) is 0 Å². The fourth-order valence-corrected chi connectivity index (χ4v) is 3.62. The number of pyridine rings is 1. The summed E-state index contributed by atoms with van der Waals surface area (Å²) in [4.78, 5) is 31.6. The summed E-state index contributed by atoms with van der Waals surface area (Å²) in [5.41, 5.74) is 1.40. The number of ether oxygens (including phenoxy) is 1. The van der Waals surface area contributed by atoms with Gasteiger partial charge in [0.15, 0.2) is 5.76 Å². The van der Waals surface area contributed by atoms with Gasteiger partial charge in [0.05, 0.1) is 17.6 Å². The molecule has 0 radical (unpaired) electrons. The topological polar surface area (TPSA) is 102 Å². The molecule has 9 nitrogen and oxygen atoms in total. The van der Waals surface area contributed by atoms with E-state index in [4.69, 9.17) is 9.15 Å². The number of furan rings is 1. The lowest BCUT2D eigenvalue weighted by Gasteiger charge is -2.35. The number of carbonyl (C=O) groups is 1. The van der Waals surface area contributed by atoms with Crippen molar-refractivity contribution < 1.29 is 18.9 Å². The van der Waals surface area contributed by atoms with Gasteiger partial charge in [-0.05, 0) is 26.0 Å². The van der Waals surface area contributed by atoms with Crippen molar-refractivity contribution in [1.29, 1.82) is 0 Å². The molecule has 0 aliphatic carbocycles. The maximum Gasteiger partial charge on any atom is 0.290 e. The zero-order valence-electron chi connectivity index (χ0n) is 17.5. The van der Waals surface area contributed by atoms with E-state index < -0.39 is 4.92 Å². The zero-order chi connectivity index (χ0) is 22.0. The molecule has 0 unspecified atom stereocenters. The zero-order valence-corrected chi connectivity index (χ0v) is 17.5. The first kappa shape index (κ1) is 20.8. The minimum Gasteiger partial charge on any atom is -0.451 e. The number of hydrogen-bond donors (Lipinski definition) is 0. The number of nitrogens with zero attached hydrogens (tertiary/aromatic N) is 4. The molecule has 0 bridgehead atoms. The van der Waals surface area contributed by atoms with E-state index >= 15 is 0 Å². The standard InChI is InChI=1S/C22H24N4O5/c1-15(2)30-14-18-17-5-3-4-6-19(17)31-21(18)22(27)25-11-9-24(10-12-25)20-8-7-16(13-23-20)26(28)29/h3-8,13,15H,9-12,14H2,1-2H3. The number of amides is 1. The molecule has 31 heavy (non-hydrogen) atoms. The fraction of sp³-hybridized carbons (Fsp3) is 0.364. The molecule has 1 fully saturated rings. The van der Waals surface area contributed by atoms with Gasteiger partial charge in [0, 0.05) is 43.2 Å². The SMILES string of the molecule is CC(C)OCc1c(C(=O)N2CCN(c3ccc([N+](=O)[O-])cn3)CC2)oc2ccccc12. The average Bonchev–Trinajstić information content (AvgIpc) is 3.16. The molecule has 0 N–H and O–H groups in total. The van der Waals surface area contributed by atoms with Crippen molar-refractivity contribution in [1.82, 2.24) is 9.88 Å². The number of rotatable bonds is 6. The first-order valence-electron chi connectivity index (χ1n) is 10.2. The molecule has 3 aromatic rings. The van der Waals surface area contributed by atoms with Gasteiger partial charge in [-0.25, -0.2) is 4.98 Å². The molecule has 3 heterocycles. The minimum absolute atomic E-state index is 0.0364. The van der Waals surface area contributed by atoms with Gasteiger partial charge in [-0.15, -0.1) is 0 Å². The smallest absolute Gasteiger partial charge is 0.290 e. The second kappa shape index (κ2) is 8.73. The van der Waals surface area contributed by atoms with Crippen LogP contribution >= 0.6 is 0 Å². The molecule has 1 aliphatic heterocycles. The van der Waals surface area contributed by atoms with Crippen LogP contribution < -0.4 is 4.90 Å². The summed E-state index contributed by atoms with van der Waals surface area (Å²) in [5.74, 6) is 0.825. The Morgan fingerprint density at radius 1 is 1.19 bits per heavy atom.